The standard InChI is InChI=1S/C17H19BrClNO/c1-4-20-17(12-7-11(2)8-13(19)9-12)15-6-5-14(21-3)10-16(15)18/h5-10,17,20H,4H2,1-3H3. The molecule has 1 atom stereocenters. The Labute approximate surface area is 139 Å². The summed E-state index contributed by atoms with van der Waals surface area (Å²) in [5.74, 6) is 0.836. The van der Waals surface area contributed by atoms with Gasteiger partial charge in [0.15, 0.2) is 0 Å². The highest BCUT2D eigenvalue weighted by Gasteiger charge is 2.17. The van der Waals surface area contributed by atoms with Crippen molar-refractivity contribution in [1.82, 2.24) is 5.32 Å². The molecule has 1 unspecified atom stereocenters. The van der Waals surface area contributed by atoms with Gasteiger partial charge in [0.2, 0.25) is 0 Å². The van der Waals surface area contributed by atoms with Gasteiger partial charge in [-0.1, -0.05) is 46.6 Å². The van der Waals surface area contributed by atoms with Gasteiger partial charge in [-0.15, -0.1) is 0 Å². The number of benzene rings is 2. The van der Waals surface area contributed by atoms with Crippen LogP contribution in [0.25, 0.3) is 0 Å². The highest BCUT2D eigenvalue weighted by molar-refractivity contribution is 9.10. The Morgan fingerprint density at radius 2 is 2.00 bits per heavy atom. The van der Waals surface area contributed by atoms with Crippen LogP contribution in [-0.4, -0.2) is 13.7 Å². The first-order valence-electron chi connectivity index (χ1n) is 6.89. The van der Waals surface area contributed by atoms with E-state index in [1.54, 1.807) is 7.11 Å². The van der Waals surface area contributed by atoms with Gasteiger partial charge < -0.3 is 10.1 Å². The molecule has 0 fully saturated rings. The second kappa shape index (κ2) is 7.30. The first-order chi connectivity index (χ1) is 10.0. The van der Waals surface area contributed by atoms with Crippen molar-refractivity contribution in [1.29, 1.82) is 0 Å². The average Bonchev–Trinajstić information content (AvgIpc) is 2.44. The third-order valence-electron chi connectivity index (χ3n) is 3.32. The van der Waals surface area contributed by atoms with E-state index in [1.807, 2.05) is 24.3 Å². The second-order valence-electron chi connectivity index (χ2n) is 4.94. The van der Waals surface area contributed by atoms with Crippen molar-refractivity contribution >= 4 is 27.5 Å². The Kier molecular flexibility index (Phi) is 5.68. The van der Waals surface area contributed by atoms with E-state index in [1.165, 1.54) is 5.56 Å². The number of hydrogen-bond acceptors (Lipinski definition) is 2. The molecule has 0 bridgehead atoms. The number of nitrogens with one attached hydrogen (secondary N) is 1. The Morgan fingerprint density at radius 1 is 1.24 bits per heavy atom. The smallest absolute Gasteiger partial charge is 0.120 e. The van der Waals surface area contributed by atoms with Crippen LogP contribution in [-0.2, 0) is 0 Å². The van der Waals surface area contributed by atoms with Crippen LogP contribution < -0.4 is 10.1 Å². The molecule has 1 N–H and O–H groups in total. The van der Waals surface area contributed by atoms with Gasteiger partial charge in [0, 0.05) is 9.50 Å². The monoisotopic (exact) mass is 367 g/mol. The minimum atomic E-state index is 0.0904. The number of aryl methyl sites for hydroxylation is 1. The molecule has 0 aliphatic rings. The summed E-state index contributed by atoms with van der Waals surface area (Å²) in [5, 5.41) is 4.28. The lowest BCUT2D eigenvalue weighted by molar-refractivity contribution is 0.414. The molecule has 0 aliphatic heterocycles. The minimum absolute atomic E-state index is 0.0904. The first-order valence-corrected chi connectivity index (χ1v) is 8.06. The Hall–Kier alpha value is -1.03. The van der Waals surface area contributed by atoms with Crippen molar-refractivity contribution < 1.29 is 4.74 Å². The second-order valence-corrected chi connectivity index (χ2v) is 6.23. The van der Waals surface area contributed by atoms with Crippen LogP contribution in [0, 0.1) is 6.92 Å². The maximum absolute atomic E-state index is 6.21. The molecule has 0 saturated carbocycles. The van der Waals surface area contributed by atoms with Gasteiger partial charge in [0.25, 0.3) is 0 Å². The maximum atomic E-state index is 6.21. The quantitative estimate of drug-likeness (QED) is 0.791. The number of methoxy groups -OCH3 is 1. The van der Waals surface area contributed by atoms with Gasteiger partial charge in [-0.3, -0.25) is 0 Å². The molecule has 0 aromatic heterocycles. The summed E-state index contributed by atoms with van der Waals surface area (Å²) < 4.78 is 6.28. The summed E-state index contributed by atoms with van der Waals surface area (Å²) in [6.45, 7) is 5.03. The van der Waals surface area contributed by atoms with E-state index in [-0.39, 0.29) is 6.04 Å². The Morgan fingerprint density at radius 3 is 2.57 bits per heavy atom. The van der Waals surface area contributed by atoms with E-state index in [4.69, 9.17) is 16.3 Å². The molecule has 0 spiro atoms. The van der Waals surface area contributed by atoms with Crippen molar-refractivity contribution in [2.24, 2.45) is 0 Å². The molecular weight excluding hydrogens is 350 g/mol. The molecule has 0 saturated heterocycles. The Bertz CT molecular complexity index is 610. The molecule has 2 nitrogen and oxygen atoms in total. The normalized spacial score (nSPS) is 12.2. The molecule has 112 valence electrons. The van der Waals surface area contributed by atoms with E-state index < -0.39 is 0 Å². The van der Waals surface area contributed by atoms with Crippen LogP contribution in [0.5, 0.6) is 5.75 Å². The third-order valence-corrected chi connectivity index (χ3v) is 4.23. The molecule has 0 heterocycles. The van der Waals surface area contributed by atoms with Crippen LogP contribution in [0.4, 0.5) is 0 Å². The number of ether oxygens (including phenoxy) is 1. The molecule has 0 aliphatic carbocycles. The Balaban J connectivity index is 2.47. The summed E-state index contributed by atoms with van der Waals surface area (Å²) in [5.41, 5.74) is 3.48. The summed E-state index contributed by atoms with van der Waals surface area (Å²) in [6, 6.07) is 12.3. The highest BCUT2D eigenvalue weighted by atomic mass is 79.9. The van der Waals surface area contributed by atoms with Gasteiger partial charge in [-0.25, -0.2) is 0 Å². The van der Waals surface area contributed by atoms with Crippen LogP contribution >= 0.6 is 27.5 Å². The predicted octanol–water partition coefficient (Wildman–Crippen LogP) is 5.12. The zero-order valence-electron chi connectivity index (χ0n) is 12.4. The lowest BCUT2D eigenvalue weighted by Crippen LogP contribution is -2.22. The van der Waals surface area contributed by atoms with Crippen LogP contribution in [0.3, 0.4) is 0 Å². The molecule has 21 heavy (non-hydrogen) atoms. The van der Waals surface area contributed by atoms with Crippen LogP contribution in [0.15, 0.2) is 40.9 Å². The van der Waals surface area contributed by atoms with Gasteiger partial charge in [0.1, 0.15) is 5.75 Å². The third kappa shape index (κ3) is 4.00. The summed E-state index contributed by atoms with van der Waals surface area (Å²) in [7, 11) is 1.67. The van der Waals surface area contributed by atoms with Crippen LogP contribution in [0.2, 0.25) is 5.02 Å². The predicted molar refractivity (Wildman–Crippen MR) is 92.4 cm³/mol. The van der Waals surface area contributed by atoms with Crippen molar-refractivity contribution in [2.45, 2.75) is 19.9 Å². The maximum Gasteiger partial charge on any atom is 0.120 e. The van der Waals surface area contributed by atoms with E-state index in [9.17, 15) is 0 Å². The molecule has 4 heteroatoms. The van der Waals surface area contributed by atoms with Crippen LogP contribution in [0.1, 0.15) is 29.7 Å². The minimum Gasteiger partial charge on any atom is -0.497 e. The zero-order chi connectivity index (χ0) is 15.4. The van der Waals surface area contributed by atoms with E-state index in [0.717, 1.165) is 32.9 Å². The van der Waals surface area contributed by atoms with Crippen molar-refractivity contribution in [3.63, 3.8) is 0 Å². The average molecular weight is 369 g/mol. The van der Waals surface area contributed by atoms with Crippen molar-refractivity contribution in [2.75, 3.05) is 13.7 Å². The molecule has 0 amide bonds. The van der Waals surface area contributed by atoms with E-state index >= 15 is 0 Å². The summed E-state index contributed by atoms with van der Waals surface area (Å²) >= 11 is 9.85. The fourth-order valence-corrected chi connectivity index (χ4v) is 3.30. The number of hydrogen-bond donors (Lipinski definition) is 1. The highest BCUT2D eigenvalue weighted by Crippen LogP contribution is 2.32. The number of halogens is 2. The topological polar surface area (TPSA) is 21.3 Å². The van der Waals surface area contributed by atoms with E-state index in [0.29, 0.717) is 0 Å². The molecule has 2 aromatic rings. The molecule has 0 radical (unpaired) electrons. The van der Waals surface area contributed by atoms with E-state index in [2.05, 4.69) is 47.2 Å². The lowest BCUT2D eigenvalue weighted by atomic mass is 9.97. The molecule has 2 rings (SSSR count). The number of rotatable bonds is 5. The lowest BCUT2D eigenvalue weighted by Gasteiger charge is -2.21. The largest absolute Gasteiger partial charge is 0.497 e. The first kappa shape index (κ1) is 16.3. The molecule has 2 aromatic carbocycles. The fraction of sp³-hybridized carbons (Fsp3) is 0.294. The van der Waals surface area contributed by atoms with Crippen molar-refractivity contribution in [3.05, 3.63) is 62.6 Å². The van der Waals surface area contributed by atoms with Gasteiger partial charge >= 0.3 is 0 Å². The van der Waals surface area contributed by atoms with Crippen molar-refractivity contribution in [3.8, 4) is 5.75 Å². The summed E-state index contributed by atoms with van der Waals surface area (Å²) in [6.07, 6.45) is 0. The van der Waals surface area contributed by atoms with Gasteiger partial charge in [-0.2, -0.15) is 0 Å². The SMILES string of the molecule is CCNC(c1cc(C)cc(Cl)c1)c1ccc(OC)cc1Br. The fourth-order valence-electron chi connectivity index (χ4n) is 2.41. The zero-order valence-corrected chi connectivity index (χ0v) is 14.8. The van der Waals surface area contributed by atoms with Gasteiger partial charge in [-0.05, 0) is 54.4 Å². The van der Waals surface area contributed by atoms with Gasteiger partial charge in [0.05, 0.1) is 13.2 Å². The summed E-state index contributed by atoms with van der Waals surface area (Å²) in [4.78, 5) is 0. The molecular formula is C17H19BrClNO.